The Morgan fingerprint density at radius 1 is 1.07 bits per heavy atom. The van der Waals surface area contributed by atoms with Gasteiger partial charge < -0.3 is 0 Å². The molecule has 8 heteroatoms. The predicted molar refractivity (Wildman–Crippen MR) is 117 cm³/mol. The minimum atomic E-state index is -3.93. The molecule has 29 heavy (non-hydrogen) atoms. The van der Waals surface area contributed by atoms with E-state index in [9.17, 15) is 13.2 Å². The van der Waals surface area contributed by atoms with Crippen molar-refractivity contribution in [3.63, 3.8) is 0 Å². The Labute approximate surface area is 177 Å². The quantitative estimate of drug-likeness (QED) is 0.439. The fraction of sp³-hybridized carbons (Fsp3) is 0.381. The van der Waals surface area contributed by atoms with E-state index >= 15 is 0 Å². The highest BCUT2D eigenvalue weighted by atomic mass is 32.2. The van der Waals surface area contributed by atoms with E-state index in [0.29, 0.717) is 12.2 Å². The number of amides is 1. The molecule has 0 aliphatic heterocycles. The highest BCUT2D eigenvalue weighted by Gasteiger charge is 2.36. The minimum Gasteiger partial charge on any atom is -0.289 e. The van der Waals surface area contributed by atoms with Gasteiger partial charge in [-0.15, -0.1) is 0 Å². The number of hydrogen-bond donors (Lipinski definition) is 2. The molecule has 0 radical (unpaired) electrons. The van der Waals surface area contributed by atoms with E-state index in [-0.39, 0.29) is 17.4 Å². The summed E-state index contributed by atoms with van der Waals surface area (Å²) in [5.41, 5.74) is 3.53. The van der Waals surface area contributed by atoms with Crippen LogP contribution in [0.5, 0.6) is 0 Å². The summed E-state index contributed by atoms with van der Waals surface area (Å²) in [4.78, 5) is 12.4. The van der Waals surface area contributed by atoms with Crippen molar-refractivity contribution < 1.29 is 18.4 Å². The zero-order valence-corrected chi connectivity index (χ0v) is 18.5. The zero-order chi connectivity index (χ0) is 21.4. The molecule has 0 saturated heterocycles. The molecule has 2 aromatic carbocycles. The van der Waals surface area contributed by atoms with Gasteiger partial charge in [-0.25, -0.2) is 13.9 Å². The van der Waals surface area contributed by atoms with Gasteiger partial charge in [0, 0.05) is 6.54 Å². The van der Waals surface area contributed by atoms with Crippen LogP contribution in [0.15, 0.2) is 59.5 Å². The second-order valence-electron chi connectivity index (χ2n) is 7.13. The van der Waals surface area contributed by atoms with Gasteiger partial charge in [-0.1, -0.05) is 56.3 Å². The average molecular weight is 437 g/mol. The van der Waals surface area contributed by atoms with Crippen LogP contribution in [0.1, 0.15) is 20.3 Å². The lowest BCUT2D eigenvalue weighted by molar-refractivity contribution is -0.133. The molecular weight excluding hydrogens is 408 g/mol. The van der Waals surface area contributed by atoms with Crippen LogP contribution in [0.3, 0.4) is 0 Å². The van der Waals surface area contributed by atoms with E-state index in [0.717, 1.165) is 11.1 Å². The number of thioether (sulfide) groups is 1. The Morgan fingerprint density at radius 2 is 1.66 bits per heavy atom. The maximum atomic E-state index is 13.4. The molecule has 2 rings (SSSR count). The summed E-state index contributed by atoms with van der Waals surface area (Å²) in [6.45, 7) is 3.96. The number of nitrogens with zero attached hydrogens (tertiary/aromatic N) is 1. The van der Waals surface area contributed by atoms with E-state index in [1.165, 1.54) is 16.1 Å². The Hall–Kier alpha value is -1.87. The average Bonchev–Trinajstić information content (AvgIpc) is 2.73. The van der Waals surface area contributed by atoms with E-state index < -0.39 is 22.0 Å². The van der Waals surface area contributed by atoms with Crippen molar-refractivity contribution >= 4 is 27.7 Å². The molecule has 0 spiro atoms. The van der Waals surface area contributed by atoms with E-state index in [1.807, 2.05) is 50.4 Å². The molecule has 2 aromatic rings. The van der Waals surface area contributed by atoms with Crippen LogP contribution in [0, 0.1) is 5.92 Å². The monoisotopic (exact) mass is 436 g/mol. The van der Waals surface area contributed by atoms with Gasteiger partial charge in [0.1, 0.15) is 6.04 Å². The molecule has 6 nitrogen and oxygen atoms in total. The molecule has 0 aliphatic carbocycles. The standard InChI is InChI=1S/C21H28N2O4S2/c1-16(2)15-23(20(13-14-28-3)21(24)22-25)29(26,27)19-11-9-18(10-12-19)17-7-5-4-6-8-17/h4-12,16,20,25H,13-15H2,1-3H3,(H,22,24)/t20-/m0/s1. The van der Waals surface area contributed by atoms with E-state index in [4.69, 9.17) is 5.21 Å². The fourth-order valence-electron chi connectivity index (χ4n) is 3.05. The lowest BCUT2D eigenvalue weighted by atomic mass is 10.1. The number of rotatable bonds is 10. The number of sulfonamides is 1. The fourth-order valence-corrected chi connectivity index (χ4v) is 5.29. The number of hydroxylamine groups is 1. The van der Waals surface area contributed by atoms with Crippen LogP contribution in [0.4, 0.5) is 0 Å². The molecule has 158 valence electrons. The second-order valence-corrected chi connectivity index (χ2v) is 10.0. The highest BCUT2D eigenvalue weighted by molar-refractivity contribution is 7.98. The van der Waals surface area contributed by atoms with Crippen LogP contribution in [-0.2, 0) is 14.8 Å². The number of nitrogens with one attached hydrogen (secondary N) is 1. The molecule has 2 N–H and O–H groups in total. The summed E-state index contributed by atoms with van der Waals surface area (Å²) in [5.74, 6) is -0.115. The van der Waals surface area contributed by atoms with Crippen molar-refractivity contribution in [2.24, 2.45) is 5.92 Å². The first kappa shape index (κ1) is 23.4. The van der Waals surface area contributed by atoms with Gasteiger partial charge in [-0.2, -0.15) is 16.1 Å². The van der Waals surface area contributed by atoms with Gasteiger partial charge >= 0.3 is 0 Å². The van der Waals surface area contributed by atoms with Gasteiger partial charge in [-0.05, 0) is 47.6 Å². The van der Waals surface area contributed by atoms with Crippen LogP contribution < -0.4 is 5.48 Å². The van der Waals surface area contributed by atoms with Crippen molar-refractivity contribution in [3.05, 3.63) is 54.6 Å². The van der Waals surface area contributed by atoms with Crippen LogP contribution in [0.2, 0.25) is 0 Å². The van der Waals surface area contributed by atoms with Gasteiger partial charge in [0.25, 0.3) is 5.91 Å². The van der Waals surface area contributed by atoms with Crippen LogP contribution >= 0.6 is 11.8 Å². The Kier molecular flexibility index (Phi) is 8.70. The number of benzene rings is 2. The third kappa shape index (κ3) is 6.05. The molecule has 0 fully saturated rings. The molecule has 0 aromatic heterocycles. The molecule has 0 aliphatic rings. The maximum absolute atomic E-state index is 13.4. The van der Waals surface area contributed by atoms with Crippen molar-refractivity contribution in [3.8, 4) is 11.1 Å². The maximum Gasteiger partial charge on any atom is 0.261 e. The minimum absolute atomic E-state index is 0.0108. The lowest BCUT2D eigenvalue weighted by Crippen LogP contribution is -2.50. The Morgan fingerprint density at radius 3 is 2.17 bits per heavy atom. The van der Waals surface area contributed by atoms with E-state index in [1.54, 1.807) is 29.7 Å². The molecule has 0 heterocycles. The topological polar surface area (TPSA) is 86.7 Å². The summed E-state index contributed by atoms with van der Waals surface area (Å²) in [7, 11) is -3.93. The van der Waals surface area contributed by atoms with Crippen LogP contribution in [-0.4, -0.2) is 48.4 Å². The third-order valence-electron chi connectivity index (χ3n) is 4.47. The van der Waals surface area contributed by atoms with Crippen LogP contribution in [0.25, 0.3) is 11.1 Å². The first-order valence-electron chi connectivity index (χ1n) is 9.41. The number of carbonyl (C=O) groups excluding carboxylic acids is 1. The van der Waals surface area contributed by atoms with Crippen molar-refractivity contribution in [1.82, 2.24) is 9.79 Å². The summed E-state index contributed by atoms with van der Waals surface area (Å²) < 4.78 is 28.0. The molecule has 1 atom stereocenters. The van der Waals surface area contributed by atoms with Gasteiger partial charge in [-0.3, -0.25) is 10.0 Å². The SMILES string of the molecule is CSCC[C@@H](C(=O)NO)N(CC(C)C)S(=O)(=O)c1ccc(-c2ccccc2)cc1. The van der Waals surface area contributed by atoms with Gasteiger partial charge in [0.15, 0.2) is 0 Å². The summed E-state index contributed by atoms with van der Waals surface area (Å²) in [6.07, 6.45) is 2.19. The van der Waals surface area contributed by atoms with Crippen molar-refractivity contribution in [1.29, 1.82) is 0 Å². The third-order valence-corrected chi connectivity index (χ3v) is 7.00. The first-order chi connectivity index (χ1) is 13.8. The van der Waals surface area contributed by atoms with Gasteiger partial charge in [0.2, 0.25) is 10.0 Å². The summed E-state index contributed by atoms with van der Waals surface area (Å²) >= 11 is 1.52. The molecule has 0 bridgehead atoms. The predicted octanol–water partition coefficient (Wildman–Crippen LogP) is 3.63. The van der Waals surface area contributed by atoms with E-state index in [2.05, 4.69) is 0 Å². The number of carbonyl (C=O) groups is 1. The Bertz CT molecular complexity index is 885. The van der Waals surface area contributed by atoms with Gasteiger partial charge in [0.05, 0.1) is 4.90 Å². The Balaban J connectivity index is 2.41. The first-order valence-corrected chi connectivity index (χ1v) is 12.2. The summed E-state index contributed by atoms with van der Waals surface area (Å²) in [5, 5.41) is 9.16. The highest BCUT2D eigenvalue weighted by Crippen LogP contribution is 2.26. The smallest absolute Gasteiger partial charge is 0.261 e. The zero-order valence-electron chi connectivity index (χ0n) is 16.9. The normalized spacial score (nSPS) is 12.9. The van der Waals surface area contributed by atoms with Crippen molar-refractivity contribution in [2.45, 2.75) is 31.2 Å². The largest absolute Gasteiger partial charge is 0.289 e. The molecule has 0 unspecified atom stereocenters. The second kappa shape index (κ2) is 10.8. The summed E-state index contributed by atoms with van der Waals surface area (Å²) in [6, 6.07) is 15.4. The number of hydrogen-bond acceptors (Lipinski definition) is 5. The lowest BCUT2D eigenvalue weighted by Gasteiger charge is -2.30. The molecule has 1 amide bonds. The molecular formula is C21H28N2O4S2. The van der Waals surface area contributed by atoms with Crippen molar-refractivity contribution in [2.75, 3.05) is 18.6 Å². The molecule has 0 saturated carbocycles.